The molecule has 86 valence electrons. The van der Waals surface area contributed by atoms with Gasteiger partial charge in [-0.2, -0.15) is 24.9 Å². The van der Waals surface area contributed by atoms with Crippen LogP contribution in [0.3, 0.4) is 0 Å². The van der Waals surface area contributed by atoms with Gasteiger partial charge in [0.15, 0.2) is 0 Å². The largest absolute Gasteiger partial charge is 0.392 e. The minimum atomic E-state index is -4.09. The molecule has 0 radical (unpaired) electrons. The summed E-state index contributed by atoms with van der Waals surface area (Å²) >= 11 is 1.59. The van der Waals surface area contributed by atoms with E-state index in [1.807, 2.05) is 6.92 Å². The monoisotopic (exact) mass is 230 g/mol. The SMILES string of the molecule is CCCSCC(O)CCCC(F)(F)F. The maximum Gasteiger partial charge on any atom is 0.389 e. The van der Waals surface area contributed by atoms with Crippen LogP contribution < -0.4 is 0 Å². The molecule has 0 rings (SSSR count). The number of rotatable bonds is 7. The van der Waals surface area contributed by atoms with Crippen molar-refractivity contribution in [2.45, 2.75) is 44.9 Å². The van der Waals surface area contributed by atoms with Gasteiger partial charge in [-0.15, -0.1) is 0 Å². The molecular formula is C9H17F3OS. The van der Waals surface area contributed by atoms with Crippen molar-refractivity contribution in [1.29, 1.82) is 0 Å². The highest BCUT2D eigenvalue weighted by Crippen LogP contribution is 2.23. The van der Waals surface area contributed by atoms with E-state index in [1.54, 1.807) is 11.8 Å². The summed E-state index contributed by atoms with van der Waals surface area (Å²) in [4.78, 5) is 0. The average molecular weight is 230 g/mol. The molecule has 1 unspecified atom stereocenters. The fourth-order valence-electron chi connectivity index (χ4n) is 0.985. The molecule has 0 amide bonds. The molecule has 0 aliphatic carbocycles. The van der Waals surface area contributed by atoms with Crippen molar-refractivity contribution in [3.63, 3.8) is 0 Å². The quantitative estimate of drug-likeness (QED) is 0.678. The lowest BCUT2D eigenvalue weighted by atomic mass is 10.2. The fraction of sp³-hybridized carbons (Fsp3) is 1.00. The number of halogens is 3. The van der Waals surface area contributed by atoms with E-state index in [0.717, 1.165) is 12.2 Å². The van der Waals surface area contributed by atoms with Gasteiger partial charge in [0.25, 0.3) is 0 Å². The smallest absolute Gasteiger partial charge is 0.389 e. The van der Waals surface area contributed by atoms with Gasteiger partial charge in [0.1, 0.15) is 0 Å². The molecule has 1 N–H and O–H groups in total. The molecular weight excluding hydrogens is 213 g/mol. The second-order valence-electron chi connectivity index (χ2n) is 3.24. The van der Waals surface area contributed by atoms with Gasteiger partial charge in [-0.3, -0.25) is 0 Å². The Kier molecular flexibility index (Phi) is 7.45. The molecule has 0 bridgehead atoms. The zero-order valence-corrected chi connectivity index (χ0v) is 9.13. The van der Waals surface area contributed by atoms with Gasteiger partial charge in [-0.25, -0.2) is 0 Å². The number of aliphatic hydroxyl groups excluding tert-OH is 1. The molecule has 0 aromatic rings. The summed E-state index contributed by atoms with van der Waals surface area (Å²) < 4.78 is 35.2. The zero-order chi connectivity index (χ0) is 11.0. The van der Waals surface area contributed by atoms with Crippen LogP contribution in [0.15, 0.2) is 0 Å². The van der Waals surface area contributed by atoms with Crippen LogP contribution in [0, 0.1) is 0 Å². The Morgan fingerprint density at radius 1 is 1.36 bits per heavy atom. The van der Waals surface area contributed by atoms with Crippen LogP contribution in [0.1, 0.15) is 32.6 Å². The maximum absolute atomic E-state index is 11.7. The summed E-state index contributed by atoms with van der Waals surface area (Å²) in [7, 11) is 0. The third-order valence-corrected chi connectivity index (χ3v) is 2.97. The molecule has 0 aromatic heterocycles. The van der Waals surface area contributed by atoms with Crippen molar-refractivity contribution in [3.8, 4) is 0 Å². The molecule has 0 aliphatic heterocycles. The van der Waals surface area contributed by atoms with Crippen LogP contribution in [0.4, 0.5) is 13.2 Å². The predicted octanol–water partition coefficient (Wildman–Crippen LogP) is 3.22. The molecule has 0 saturated heterocycles. The summed E-state index contributed by atoms with van der Waals surface area (Å²) in [6, 6.07) is 0. The minimum absolute atomic E-state index is 0.0252. The Labute approximate surface area is 87.1 Å². The molecule has 1 atom stereocenters. The second-order valence-corrected chi connectivity index (χ2v) is 4.39. The van der Waals surface area contributed by atoms with Gasteiger partial charge in [0.2, 0.25) is 0 Å². The molecule has 0 saturated carbocycles. The fourth-order valence-corrected chi connectivity index (χ4v) is 1.88. The van der Waals surface area contributed by atoms with Crippen molar-refractivity contribution in [1.82, 2.24) is 0 Å². The third-order valence-electron chi connectivity index (χ3n) is 1.66. The van der Waals surface area contributed by atoms with Crippen molar-refractivity contribution in [3.05, 3.63) is 0 Å². The van der Waals surface area contributed by atoms with Crippen LogP contribution in [0.25, 0.3) is 0 Å². The molecule has 0 aliphatic rings. The van der Waals surface area contributed by atoms with Gasteiger partial charge < -0.3 is 5.11 Å². The van der Waals surface area contributed by atoms with Crippen LogP contribution in [0.5, 0.6) is 0 Å². The highest BCUT2D eigenvalue weighted by atomic mass is 32.2. The van der Waals surface area contributed by atoms with Gasteiger partial charge >= 0.3 is 6.18 Å². The van der Waals surface area contributed by atoms with Crippen LogP contribution >= 0.6 is 11.8 Å². The number of aliphatic hydroxyl groups is 1. The van der Waals surface area contributed by atoms with Crippen molar-refractivity contribution in [2.75, 3.05) is 11.5 Å². The van der Waals surface area contributed by atoms with E-state index in [2.05, 4.69) is 0 Å². The highest BCUT2D eigenvalue weighted by molar-refractivity contribution is 7.99. The Balaban J connectivity index is 3.31. The standard InChI is InChI=1S/C9H17F3OS/c1-2-6-14-7-8(13)4-3-5-9(10,11)12/h8,13H,2-7H2,1H3. The first kappa shape index (κ1) is 14.1. The number of hydrogen-bond acceptors (Lipinski definition) is 2. The lowest BCUT2D eigenvalue weighted by Gasteiger charge is -2.10. The summed E-state index contributed by atoms with van der Waals surface area (Å²) in [5.41, 5.74) is 0. The second kappa shape index (κ2) is 7.40. The predicted molar refractivity (Wildman–Crippen MR) is 53.5 cm³/mol. The first-order valence-electron chi connectivity index (χ1n) is 4.78. The third kappa shape index (κ3) is 10.2. The lowest BCUT2D eigenvalue weighted by molar-refractivity contribution is -0.136. The highest BCUT2D eigenvalue weighted by Gasteiger charge is 2.26. The van der Waals surface area contributed by atoms with E-state index in [1.165, 1.54) is 0 Å². The molecule has 0 spiro atoms. The zero-order valence-electron chi connectivity index (χ0n) is 8.31. The Morgan fingerprint density at radius 2 is 2.00 bits per heavy atom. The van der Waals surface area contributed by atoms with E-state index >= 15 is 0 Å². The summed E-state index contributed by atoms with van der Waals surface area (Å²) in [5.74, 6) is 1.50. The Hall–Kier alpha value is 0.100. The van der Waals surface area contributed by atoms with E-state index in [4.69, 9.17) is 0 Å². The van der Waals surface area contributed by atoms with Crippen LogP contribution in [0.2, 0.25) is 0 Å². The van der Waals surface area contributed by atoms with Crippen molar-refractivity contribution >= 4 is 11.8 Å². The normalized spacial score (nSPS) is 14.4. The molecule has 5 heteroatoms. The molecule has 14 heavy (non-hydrogen) atoms. The van der Waals surface area contributed by atoms with E-state index in [0.29, 0.717) is 5.75 Å². The number of alkyl halides is 3. The number of thioether (sulfide) groups is 1. The molecule has 1 nitrogen and oxygen atoms in total. The summed E-state index contributed by atoms with van der Waals surface area (Å²) in [5, 5.41) is 9.28. The lowest BCUT2D eigenvalue weighted by Crippen LogP contribution is -2.13. The number of hydrogen-bond donors (Lipinski definition) is 1. The van der Waals surface area contributed by atoms with E-state index < -0.39 is 18.7 Å². The van der Waals surface area contributed by atoms with Crippen LogP contribution in [-0.2, 0) is 0 Å². The average Bonchev–Trinajstić information content (AvgIpc) is 2.02. The summed E-state index contributed by atoms with van der Waals surface area (Å²) in [6.07, 6.45) is -4.17. The first-order valence-corrected chi connectivity index (χ1v) is 5.93. The van der Waals surface area contributed by atoms with E-state index in [-0.39, 0.29) is 12.8 Å². The first-order chi connectivity index (χ1) is 6.45. The summed E-state index contributed by atoms with van der Waals surface area (Å²) in [6.45, 7) is 2.03. The molecule has 0 heterocycles. The maximum atomic E-state index is 11.7. The van der Waals surface area contributed by atoms with Crippen molar-refractivity contribution in [2.24, 2.45) is 0 Å². The van der Waals surface area contributed by atoms with Gasteiger partial charge in [0.05, 0.1) is 6.10 Å². The van der Waals surface area contributed by atoms with Gasteiger partial charge in [0, 0.05) is 12.2 Å². The van der Waals surface area contributed by atoms with Gasteiger partial charge in [-0.05, 0) is 25.0 Å². The molecule has 0 aromatic carbocycles. The Morgan fingerprint density at radius 3 is 2.50 bits per heavy atom. The van der Waals surface area contributed by atoms with E-state index in [9.17, 15) is 18.3 Å². The topological polar surface area (TPSA) is 20.2 Å². The Bertz CT molecular complexity index is 139. The van der Waals surface area contributed by atoms with Crippen LogP contribution in [-0.4, -0.2) is 28.9 Å². The van der Waals surface area contributed by atoms with Gasteiger partial charge in [-0.1, -0.05) is 6.92 Å². The van der Waals surface area contributed by atoms with Crippen molar-refractivity contribution < 1.29 is 18.3 Å². The minimum Gasteiger partial charge on any atom is -0.392 e. The molecule has 0 fully saturated rings.